The van der Waals surface area contributed by atoms with E-state index in [0.717, 1.165) is 15.3 Å². The van der Waals surface area contributed by atoms with Crippen molar-refractivity contribution in [1.82, 2.24) is 4.90 Å². The molecule has 0 N–H and O–H groups in total. The lowest BCUT2D eigenvalue weighted by Crippen LogP contribution is -2.28. The summed E-state index contributed by atoms with van der Waals surface area (Å²) < 4.78 is 1.05. The number of hydrogen-bond acceptors (Lipinski definition) is 3. The van der Waals surface area contributed by atoms with Crippen LogP contribution in [0.5, 0.6) is 0 Å². The topological polar surface area (TPSA) is 40.4 Å². The second kappa shape index (κ2) is 4.87. The highest BCUT2D eigenvalue weighted by Gasteiger charge is 2.39. The zero-order valence-electron chi connectivity index (χ0n) is 9.92. The van der Waals surface area contributed by atoms with E-state index in [1.807, 2.05) is 24.3 Å². The largest absolute Gasteiger partial charge is 0.346 e. The van der Waals surface area contributed by atoms with Crippen LogP contribution in [0.4, 0.5) is 5.69 Å². The van der Waals surface area contributed by atoms with Gasteiger partial charge in [-0.2, -0.15) is 0 Å². The maximum absolute atomic E-state index is 12.0. The highest BCUT2D eigenvalue weighted by molar-refractivity contribution is 8.00. The molecule has 1 aromatic rings. The van der Waals surface area contributed by atoms with Gasteiger partial charge < -0.3 is 4.90 Å². The molecule has 0 radical (unpaired) electrons. The van der Waals surface area contributed by atoms with Crippen molar-refractivity contribution in [3.8, 4) is 0 Å². The first-order chi connectivity index (χ1) is 8.09. The van der Waals surface area contributed by atoms with Gasteiger partial charge in [-0.1, -0.05) is 12.1 Å². The molecule has 4 nitrogen and oxygen atoms in total. The van der Waals surface area contributed by atoms with Crippen LogP contribution in [0.2, 0.25) is 0 Å². The van der Waals surface area contributed by atoms with Crippen LogP contribution in [0.3, 0.4) is 0 Å². The number of carbonyl (C=O) groups excluding carboxylic acids is 1. The van der Waals surface area contributed by atoms with Crippen molar-refractivity contribution >= 4 is 23.4 Å². The number of amides is 1. The molecule has 0 spiro atoms. The monoisotopic (exact) mass is 251 g/mol. The maximum Gasteiger partial charge on any atom is 0.271 e. The second-order valence-corrected chi connectivity index (χ2v) is 5.31. The fourth-order valence-corrected chi connectivity index (χ4v) is 2.89. The molecule has 1 aromatic carbocycles. The van der Waals surface area contributed by atoms with Crippen LogP contribution in [-0.4, -0.2) is 34.5 Å². The fraction of sp³-hybridized carbons (Fsp3) is 0.417. The number of hydrogen-bond donors (Lipinski definition) is 0. The first kappa shape index (κ1) is 12.1. The number of para-hydroxylation sites is 1. The van der Waals surface area contributed by atoms with Gasteiger partial charge in [-0.15, -0.1) is 0 Å². The number of fused-ring (bicyclic) bond motifs is 1. The normalized spacial score (nSPS) is 18.0. The van der Waals surface area contributed by atoms with Crippen molar-refractivity contribution in [2.45, 2.75) is 23.6 Å². The van der Waals surface area contributed by atoms with E-state index >= 15 is 0 Å². The summed E-state index contributed by atoms with van der Waals surface area (Å²) in [4.78, 5) is 25.7. The Morgan fingerprint density at radius 1 is 1.47 bits per heavy atom. The average molecular weight is 251 g/mol. The molecule has 90 valence electrons. The first-order valence-corrected chi connectivity index (χ1v) is 6.41. The van der Waals surface area contributed by atoms with E-state index in [9.17, 15) is 9.70 Å². The van der Waals surface area contributed by atoms with Crippen LogP contribution in [0.25, 0.3) is 0 Å². The Bertz CT molecular complexity index is 462. The molecule has 5 heteroatoms. The van der Waals surface area contributed by atoms with Crippen molar-refractivity contribution in [2.24, 2.45) is 0 Å². The van der Waals surface area contributed by atoms with Crippen LogP contribution in [0.15, 0.2) is 29.2 Å². The minimum Gasteiger partial charge on any atom is -0.346 e. The zero-order chi connectivity index (χ0) is 12.4. The summed E-state index contributed by atoms with van der Waals surface area (Å²) in [6.45, 7) is 2.14. The summed E-state index contributed by atoms with van der Waals surface area (Å²) >= 11 is 1.57. The third-order valence-electron chi connectivity index (χ3n) is 2.88. The Morgan fingerprint density at radius 2 is 2.18 bits per heavy atom. The molecule has 0 bridgehead atoms. The Labute approximate surface area is 105 Å². The van der Waals surface area contributed by atoms with Crippen LogP contribution >= 0.6 is 11.8 Å². The summed E-state index contributed by atoms with van der Waals surface area (Å²) in [7, 11) is 1.75. The lowest BCUT2D eigenvalue weighted by atomic mass is 10.3. The van der Waals surface area contributed by atoms with Crippen LogP contribution in [0.1, 0.15) is 13.3 Å². The van der Waals surface area contributed by atoms with Gasteiger partial charge in [0.25, 0.3) is 11.1 Å². The predicted molar refractivity (Wildman–Crippen MR) is 67.3 cm³/mol. The molecule has 0 fully saturated rings. The van der Waals surface area contributed by atoms with Gasteiger partial charge in [-0.05, 0) is 17.8 Å². The minimum atomic E-state index is -0.116. The van der Waals surface area contributed by atoms with Gasteiger partial charge in [0.15, 0.2) is 0 Å². The van der Waals surface area contributed by atoms with Gasteiger partial charge in [-0.25, -0.2) is 0 Å². The minimum absolute atomic E-state index is 0.0305. The maximum atomic E-state index is 12.0. The van der Waals surface area contributed by atoms with Crippen LogP contribution in [-0.2, 0) is 4.79 Å². The van der Waals surface area contributed by atoms with Crippen molar-refractivity contribution in [1.29, 1.82) is 0 Å². The van der Waals surface area contributed by atoms with Gasteiger partial charge in [0.05, 0.1) is 9.66 Å². The Morgan fingerprint density at radius 3 is 2.82 bits per heavy atom. The summed E-state index contributed by atoms with van der Waals surface area (Å²) in [6.07, 6.45) is 0.679. The van der Waals surface area contributed by atoms with E-state index in [0.29, 0.717) is 13.0 Å². The highest BCUT2D eigenvalue weighted by Crippen LogP contribution is 2.42. The van der Waals surface area contributed by atoms with Gasteiger partial charge in [0.1, 0.15) is 0 Å². The molecule has 1 aliphatic heterocycles. The van der Waals surface area contributed by atoms with Crippen LogP contribution in [0, 0.1) is 4.91 Å². The molecule has 1 aliphatic rings. The summed E-state index contributed by atoms with van der Waals surface area (Å²) in [5, 5.41) is -0.116. The van der Waals surface area contributed by atoms with Crippen LogP contribution < -0.4 is 0 Å². The molecular formula is C12H15N2O2S+. The van der Waals surface area contributed by atoms with Crippen molar-refractivity contribution in [3.63, 3.8) is 0 Å². The quantitative estimate of drug-likeness (QED) is 0.774. The zero-order valence-corrected chi connectivity index (χ0v) is 10.7. The SMILES string of the molecule is CC(=O)N(C)CCC1Sc2ccccc2[N+]1=O. The molecule has 1 heterocycles. The number of rotatable bonds is 3. The summed E-state index contributed by atoms with van der Waals surface area (Å²) in [5.41, 5.74) is 0.743. The van der Waals surface area contributed by atoms with Gasteiger partial charge in [-0.3, -0.25) is 4.79 Å². The van der Waals surface area contributed by atoms with E-state index in [1.165, 1.54) is 6.92 Å². The van der Waals surface area contributed by atoms with Gasteiger partial charge in [0, 0.05) is 37.9 Å². The standard InChI is InChI=1S/C12H15N2O2S/c1-9(15)13(2)8-7-12-14(16)10-5-3-4-6-11(10)17-12/h3-6,12H,7-8H2,1-2H3/q+1. The molecule has 0 aromatic heterocycles. The molecule has 2 rings (SSSR count). The molecule has 0 saturated heterocycles. The predicted octanol–water partition coefficient (Wildman–Crippen LogP) is 2.40. The van der Waals surface area contributed by atoms with Crippen molar-refractivity contribution in [2.75, 3.05) is 13.6 Å². The molecule has 1 amide bonds. The number of nitroso groups, excluding NO2 is 1. The Hall–Kier alpha value is -1.36. The molecule has 1 unspecified atom stereocenters. The number of benzene rings is 1. The van der Waals surface area contributed by atoms with Gasteiger partial charge in [0.2, 0.25) is 5.91 Å². The third kappa shape index (κ3) is 2.49. The van der Waals surface area contributed by atoms with Crippen molar-refractivity contribution in [3.05, 3.63) is 29.2 Å². The second-order valence-electron chi connectivity index (χ2n) is 4.10. The number of carbonyl (C=O) groups is 1. The molecule has 17 heavy (non-hydrogen) atoms. The van der Waals surface area contributed by atoms with E-state index < -0.39 is 0 Å². The van der Waals surface area contributed by atoms with E-state index in [2.05, 4.69) is 0 Å². The Kier molecular flexibility index (Phi) is 3.47. The first-order valence-electron chi connectivity index (χ1n) is 5.53. The van der Waals surface area contributed by atoms with Gasteiger partial charge >= 0.3 is 0 Å². The van der Waals surface area contributed by atoms with Crippen molar-refractivity contribution < 1.29 is 9.55 Å². The highest BCUT2D eigenvalue weighted by atomic mass is 32.2. The number of nitrogens with zero attached hydrogens (tertiary/aromatic N) is 2. The third-order valence-corrected chi connectivity index (χ3v) is 4.17. The molecule has 0 aliphatic carbocycles. The summed E-state index contributed by atoms with van der Waals surface area (Å²) in [6, 6.07) is 7.60. The smallest absolute Gasteiger partial charge is 0.271 e. The van der Waals surface area contributed by atoms with E-state index in [4.69, 9.17) is 0 Å². The summed E-state index contributed by atoms with van der Waals surface area (Å²) in [5.74, 6) is 0.0305. The Balaban J connectivity index is 1.99. The van der Waals surface area contributed by atoms with E-state index in [1.54, 1.807) is 23.7 Å². The lowest BCUT2D eigenvalue weighted by Gasteiger charge is -2.13. The average Bonchev–Trinajstić information content (AvgIpc) is 2.64. The molecule has 0 saturated carbocycles. The molecule has 1 atom stereocenters. The molecular weight excluding hydrogens is 236 g/mol. The fourth-order valence-electron chi connectivity index (χ4n) is 1.73. The lowest BCUT2D eigenvalue weighted by molar-refractivity contribution is -0.476. The van der Waals surface area contributed by atoms with E-state index in [-0.39, 0.29) is 11.3 Å². The number of thioether (sulfide) groups is 1.